The smallest absolute Gasteiger partial charge is 0.137 e. The van der Waals surface area contributed by atoms with Gasteiger partial charge in [-0.1, -0.05) is 11.6 Å². The fourth-order valence-electron chi connectivity index (χ4n) is 3.05. The zero-order chi connectivity index (χ0) is 16.0. The Kier molecular flexibility index (Phi) is 3.62. The highest BCUT2D eigenvalue weighted by atomic mass is 35.5. The Hall–Kier alpha value is -1.85. The lowest BCUT2D eigenvalue weighted by molar-refractivity contribution is 0.233. The molecule has 1 aliphatic carbocycles. The molecule has 3 heterocycles. The maximum Gasteiger partial charge on any atom is 0.137 e. The summed E-state index contributed by atoms with van der Waals surface area (Å²) in [6, 6.07) is 4.51. The fraction of sp³-hybridized carbons (Fsp3) is 0.412. The van der Waals surface area contributed by atoms with Crippen molar-refractivity contribution in [3.8, 4) is 0 Å². The van der Waals surface area contributed by atoms with Crippen molar-refractivity contribution < 1.29 is 0 Å². The number of fused-ring (bicyclic) bond motifs is 1. The van der Waals surface area contributed by atoms with E-state index in [-0.39, 0.29) is 0 Å². The molecule has 3 aromatic rings. The van der Waals surface area contributed by atoms with Gasteiger partial charge in [-0.3, -0.25) is 4.90 Å². The molecule has 0 aliphatic heterocycles. The SMILES string of the molecule is Cc1nc2ccc(Cl)cn2c1CN(Cc1nccn1C)C1CC1. The summed E-state index contributed by atoms with van der Waals surface area (Å²) in [4.78, 5) is 11.6. The Bertz CT molecular complexity index is 846. The number of halogens is 1. The van der Waals surface area contributed by atoms with Crippen LogP contribution in [0.3, 0.4) is 0 Å². The van der Waals surface area contributed by atoms with Gasteiger partial charge in [-0.15, -0.1) is 0 Å². The topological polar surface area (TPSA) is 38.4 Å². The average molecular weight is 330 g/mol. The lowest BCUT2D eigenvalue weighted by Crippen LogP contribution is -2.27. The summed E-state index contributed by atoms with van der Waals surface area (Å²) in [5.74, 6) is 1.10. The molecule has 1 aliphatic rings. The summed E-state index contributed by atoms with van der Waals surface area (Å²) in [6.07, 6.45) is 8.35. The third-order valence-corrected chi connectivity index (χ3v) is 4.79. The zero-order valence-electron chi connectivity index (χ0n) is 13.4. The van der Waals surface area contributed by atoms with Gasteiger partial charge >= 0.3 is 0 Å². The van der Waals surface area contributed by atoms with E-state index >= 15 is 0 Å². The molecule has 4 rings (SSSR count). The maximum atomic E-state index is 6.17. The summed E-state index contributed by atoms with van der Waals surface area (Å²) in [5, 5.41) is 0.734. The minimum Gasteiger partial charge on any atom is -0.337 e. The van der Waals surface area contributed by atoms with Gasteiger partial charge in [0.2, 0.25) is 0 Å². The minimum absolute atomic E-state index is 0.649. The first-order valence-corrected chi connectivity index (χ1v) is 8.33. The van der Waals surface area contributed by atoms with E-state index in [0.29, 0.717) is 6.04 Å². The third kappa shape index (κ3) is 2.86. The molecule has 0 bridgehead atoms. The molecule has 0 unspecified atom stereocenters. The number of pyridine rings is 1. The lowest BCUT2D eigenvalue weighted by Gasteiger charge is -2.22. The van der Waals surface area contributed by atoms with Gasteiger partial charge in [-0.25, -0.2) is 9.97 Å². The lowest BCUT2D eigenvalue weighted by atomic mass is 10.3. The van der Waals surface area contributed by atoms with Gasteiger partial charge in [0, 0.05) is 38.2 Å². The Balaban J connectivity index is 1.66. The first kappa shape index (κ1) is 14.7. The van der Waals surface area contributed by atoms with Crippen LogP contribution in [0.15, 0.2) is 30.7 Å². The van der Waals surface area contributed by atoms with Gasteiger partial charge in [-0.2, -0.15) is 0 Å². The molecule has 1 fully saturated rings. The molecule has 120 valence electrons. The predicted molar refractivity (Wildman–Crippen MR) is 90.4 cm³/mol. The summed E-state index contributed by atoms with van der Waals surface area (Å²) in [5.41, 5.74) is 3.23. The Morgan fingerprint density at radius 1 is 1.30 bits per heavy atom. The normalized spacial score (nSPS) is 15.0. The van der Waals surface area contributed by atoms with Crippen LogP contribution in [0.25, 0.3) is 5.65 Å². The van der Waals surface area contributed by atoms with Gasteiger partial charge in [0.25, 0.3) is 0 Å². The summed E-state index contributed by atoms with van der Waals surface area (Å²) >= 11 is 6.17. The average Bonchev–Trinajstić information content (AvgIpc) is 3.23. The van der Waals surface area contributed by atoms with E-state index in [9.17, 15) is 0 Å². The third-order valence-electron chi connectivity index (χ3n) is 4.56. The second kappa shape index (κ2) is 5.65. The highest BCUT2D eigenvalue weighted by molar-refractivity contribution is 6.30. The van der Waals surface area contributed by atoms with Crippen molar-refractivity contribution in [1.82, 2.24) is 23.8 Å². The number of hydrogen-bond donors (Lipinski definition) is 0. The van der Waals surface area contributed by atoms with Crippen LogP contribution in [-0.4, -0.2) is 29.9 Å². The van der Waals surface area contributed by atoms with Crippen molar-refractivity contribution in [1.29, 1.82) is 0 Å². The van der Waals surface area contributed by atoms with E-state index in [1.54, 1.807) is 0 Å². The number of rotatable bonds is 5. The van der Waals surface area contributed by atoms with Gasteiger partial charge in [0.15, 0.2) is 0 Å². The first-order chi connectivity index (χ1) is 11.1. The molecule has 0 atom stereocenters. The largest absolute Gasteiger partial charge is 0.337 e. The van der Waals surface area contributed by atoms with Crippen LogP contribution < -0.4 is 0 Å². The van der Waals surface area contributed by atoms with Crippen molar-refractivity contribution in [3.05, 3.63) is 53.0 Å². The van der Waals surface area contributed by atoms with Gasteiger partial charge in [-0.05, 0) is 31.9 Å². The van der Waals surface area contributed by atoms with E-state index in [4.69, 9.17) is 11.6 Å². The van der Waals surface area contributed by atoms with E-state index in [2.05, 4.69) is 30.8 Å². The number of hydrogen-bond acceptors (Lipinski definition) is 3. The van der Waals surface area contributed by atoms with Gasteiger partial charge in [0.1, 0.15) is 11.5 Å². The maximum absolute atomic E-state index is 6.17. The van der Waals surface area contributed by atoms with Crippen LogP contribution in [0.4, 0.5) is 0 Å². The minimum atomic E-state index is 0.649. The van der Waals surface area contributed by atoms with E-state index < -0.39 is 0 Å². The second-order valence-electron chi connectivity index (χ2n) is 6.31. The molecule has 5 nitrogen and oxygen atoms in total. The molecule has 0 amide bonds. The molecule has 1 saturated carbocycles. The zero-order valence-corrected chi connectivity index (χ0v) is 14.2. The molecule has 3 aromatic heterocycles. The molecular weight excluding hydrogens is 310 g/mol. The predicted octanol–water partition coefficient (Wildman–Crippen LogP) is 3.19. The molecular formula is C17H20ClN5. The Morgan fingerprint density at radius 2 is 2.13 bits per heavy atom. The molecule has 23 heavy (non-hydrogen) atoms. The van der Waals surface area contributed by atoms with Crippen LogP contribution in [0, 0.1) is 6.92 Å². The summed E-state index contributed by atoms with van der Waals surface area (Å²) in [7, 11) is 2.05. The number of imidazole rings is 2. The Labute approximate surface area is 140 Å². The quantitative estimate of drug-likeness (QED) is 0.721. The summed E-state index contributed by atoms with van der Waals surface area (Å²) in [6.45, 7) is 3.80. The number of aryl methyl sites for hydroxylation is 2. The van der Waals surface area contributed by atoms with Crippen molar-refractivity contribution in [3.63, 3.8) is 0 Å². The highest BCUT2D eigenvalue weighted by Crippen LogP contribution is 2.30. The molecule has 0 N–H and O–H groups in total. The van der Waals surface area contributed by atoms with Crippen molar-refractivity contribution in [2.75, 3.05) is 0 Å². The first-order valence-electron chi connectivity index (χ1n) is 7.95. The van der Waals surface area contributed by atoms with Gasteiger partial charge in [0.05, 0.1) is 23.0 Å². The molecule has 0 aromatic carbocycles. The van der Waals surface area contributed by atoms with Crippen LogP contribution in [0.1, 0.15) is 30.1 Å². The van der Waals surface area contributed by atoms with Gasteiger partial charge < -0.3 is 8.97 Å². The Morgan fingerprint density at radius 3 is 2.83 bits per heavy atom. The molecule has 0 spiro atoms. The number of nitrogens with zero attached hydrogens (tertiary/aromatic N) is 5. The van der Waals surface area contributed by atoms with Crippen LogP contribution in [-0.2, 0) is 20.1 Å². The standard InChI is InChI=1S/C17H20ClN5/c1-12-15(23-9-13(18)3-6-16(23)20-12)10-22(14-4-5-14)11-17-19-7-8-21(17)2/h3,6-9,14H,4-5,10-11H2,1-2H3. The summed E-state index contributed by atoms with van der Waals surface area (Å²) < 4.78 is 4.21. The molecule has 0 saturated heterocycles. The van der Waals surface area contributed by atoms with Crippen LogP contribution >= 0.6 is 11.6 Å². The monoisotopic (exact) mass is 329 g/mol. The van der Waals surface area contributed by atoms with E-state index in [0.717, 1.165) is 35.3 Å². The molecule has 0 radical (unpaired) electrons. The van der Waals surface area contributed by atoms with E-state index in [1.165, 1.54) is 18.5 Å². The molecule has 6 heteroatoms. The van der Waals surface area contributed by atoms with Crippen molar-refractivity contribution in [2.45, 2.75) is 38.9 Å². The number of aromatic nitrogens is 4. The van der Waals surface area contributed by atoms with E-state index in [1.807, 2.05) is 37.8 Å². The second-order valence-corrected chi connectivity index (χ2v) is 6.75. The van der Waals surface area contributed by atoms with Crippen LogP contribution in [0.2, 0.25) is 5.02 Å². The fourth-order valence-corrected chi connectivity index (χ4v) is 3.21. The highest BCUT2D eigenvalue weighted by Gasteiger charge is 2.30. The van der Waals surface area contributed by atoms with Crippen molar-refractivity contribution >= 4 is 17.2 Å². The van der Waals surface area contributed by atoms with Crippen molar-refractivity contribution in [2.24, 2.45) is 7.05 Å². The van der Waals surface area contributed by atoms with Crippen LogP contribution in [0.5, 0.6) is 0 Å².